The minimum Gasteiger partial charge on any atom is -0.369 e. The fraction of sp³-hybridized carbons (Fsp3) is 0.364. The van der Waals surface area contributed by atoms with Crippen molar-refractivity contribution < 1.29 is 0 Å². The van der Waals surface area contributed by atoms with Crippen LogP contribution in [0.1, 0.15) is 27.7 Å². The third kappa shape index (κ3) is 283. The van der Waals surface area contributed by atoms with Crippen molar-refractivity contribution in [2.45, 2.75) is 27.7 Å². The van der Waals surface area contributed by atoms with Crippen molar-refractivity contribution in [3.05, 3.63) is 38.3 Å². The molecule has 0 aliphatic carbocycles. The molecule has 0 saturated carbocycles. The first-order valence-electron chi connectivity index (χ1n) is 4.38. The lowest BCUT2D eigenvalue weighted by molar-refractivity contribution is 1.21. The van der Waals surface area contributed by atoms with Gasteiger partial charge >= 0.3 is 0 Å². The number of hydrogen-bond donors (Lipinski definition) is 1. The summed E-state index contributed by atoms with van der Waals surface area (Å²) in [5.74, 6) is 0. The number of nitrogens with zero attached hydrogens (tertiary/aromatic N) is 1. The molecule has 0 aliphatic rings. The van der Waals surface area contributed by atoms with E-state index in [4.69, 9.17) is 0 Å². The molecule has 0 radical (unpaired) electrons. The summed E-state index contributed by atoms with van der Waals surface area (Å²) in [5, 5.41) is 2.64. The van der Waals surface area contributed by atoms with Crippen LogP contribution in [-0.4, -0.2) is 6.72 Å². The van der Waals surface area contributed by atoms with Crippen LogP contribution in [0.4, 0.5) is 0 Å². The van der Waals surface area contributed by atoms with E-state index in [1.807, 2.05) is 27.7 Å². The Labute approximate surface area is 83.8 Å². The van der Waals surface area contributed by atoms with Crippen LogP contribution in [0.3, 0.4) is 0 Å². The summed E-state index contributed by atoms with van der Waals surface area (Å²) in [4.78, 5) is 3.25. The summed E-state index contributed by atoms with van der Waals surface area (Å²) in [5.41, 5.74) is 0. The molecule has 0 spiro atoms. The lowest BCUT2D eigenvalue weighted by Crippen LogP contribution is -1.85. The van der Waals surface area contributed by atoms with E-state index in [9.17, 15) is 0 Å². The fourth-order valence-corrected chi connectivity index (χ4v) is 0.0833. The number of hydrogen-bond acceptors (Lipinski definition) is 2. The van der Waals surface area contributed by atoms with Crippen molar-refractivity contribution in [1.29, 1.82) is 0 Å². The third-order valence-electron chi connectivity index (χ3n) is 0.365. The van der Waals surface area contributed by atoms with Gasteiger partial charge in [0.2, 0.25) is 0 Å². The van der Waals surface area contributed by atoms with Gasteiger partial charge in [-0.25, -0.2) is 0 Å². The van der Waals surface area contributed by atoms with Gasteiger partial charge in [0, 0.05) is 6.20 Å². The monoisotopic (exact) mass is 184 g/mol. The molecule has 0 aliphatic heterocycles. The standard InChI is InChI=1S/C4H7N.C3H5N.2C2H6/c1-3-5-4-2;1-3-4-2;2*1-2/h3-5H,1-2H2;3H,1-2H2;2*1-2H3. The number of aliphatic imine (C=N–C) groups is 1. The summed E-state index contributed by atoms with van der Waals surface area (Å²) in [6.45, 7) is 21.1. The first kappa shape index (κ1) is 22.6. The molecule has 0 unspecified atom stereocenters. The molecular formula is C11H24N2. The minimum atomic E-state index is 1.39. The third-order valence-corrected chi connectivity index (χ3v) is 0.365. The summed E-state index contributed by atoms with van der Waals surface area (Å²) in [6, 6.07) is 0. The van der Waals surface area contributed by atoms with Gasteiger partial charge in [0.1, 0.15) is 0 Å². The van der Waals surface area contributed by atoms with Crippen molar-refractivity contribution in [1.82, 2.24) is 5.32 Å². The van der Waals surface area contributed by atoms with Crippen LogP contribution < -0.4 is 5.32 Å². The molecule has 78 valence electrons. The average Bonchev–Trinajstić information content (AvgIpc) is 2.25. The van der Waals surface area contributed by atoms with Gasteiger partial charge in [-0.3, -0.25) is 4.99 Å². The molecule has 0 fully saturated rings. The Bertz CT molecular complexity index is 84.3. The molecule has 0 saturated heterocycles. The van der Waals surface area contributed by atoms with E-state index in [0.717, 1.165) is 0 Å². The smallest absolute Gasteiger partial charge is 0.0188 e. The van der Waals surface area contributed by atoms with Crippen molar-refractivity contribution in [2.24, 2.45) is 4.99 Å². The van der Waals surface area contributed by atoms with Crippen molar-refractivity contribution in [3.63, 3.8) is 0 Å². The molecule has 0 amide bonds. The first-order valence-corrected chi connectivity index (χ1v) is 4.38. The van der Waals surface area contributed by atoms with Gasteiger partial charge in [-0.2, -0.15) is 0 Å². The average molecular weight is 184 g/mol. The zero-order chi connectivity index (χ0) is 11.5. The summed E-state index contributed by atoms with van der Waals surface area (Å²) in [6.07, 6.45) is 4.51. The van der Waals surface area contributed by atoms with E-state index in [1.165, 1.54) is 6.20 Å². The van der Waals surface area contributed by atoms with Crippen LogP contribution in [0.25, 0.3) is 0 Å². The van der Waals surface area contributed by atoms with Crippen LogP contribution in [0, 0.1) is 0 Å². The van der Waals surface area contributed by atoms with E-state index in [1.54, 1.807) is 12.4 Å². The second-order valence-corrected chi connectivity index (χ2v) is 0.940. The SMILES string of the molecule is C=CN=C.C=CNC=C.CC.CC. The van der Waals surface area contributed by atoms with Crippen LogP contribution in [-0.2, 0) is 0 Å². The summed E-state index contributed by atoms with van der Waals surface area (Å²) in [7, 11) is 0. The Hall–Kier alpha value is -1.31. The normalized spacial score (nSPS) is 4.62. The first-order chi connectivity index (χ1) is 6.33. The molecular weight excluding hydrogens is 160 g/mol. The van der Waals surface area contributed by atoms with Crippen LogP contribution in [0.5, 0.6) is 0 Å². The van der Waals surface area contributed by atoms with Crippen LogP contribution >= 0.6 is 0 Å². The lowest BCUT2D eigenvalue weighted by Gasteiger charge is -1.75. The van der Waals surface area contributed by atoms with Gasteiger partial charge in [-0.15, -0.1) is 0 Å². The van der Waals surface area contributed by atoms with E-state index < -0.39 is 0 Å². The molecule has 13 heavy (non-hydrogen) atoms. The van der Waals surface area contributed by atoms with E-state index >= 15 is 0 Å². The maximum absolute atomic E-state index is 3.37. The van der Waals surface area contributed by atoms with Crippen molar-refractivity contribution in [2.75, 3.05) is 0 Å². The van der Waals surface area contributed by atoms with E-state index in [0.29, 0.717) is 0 Å². The number of nitrogens with one attached hydrogen (secondary N) is 1. The van der Waals surface area contributed by atoms with Crippen LogP contribution in [0.2, 0.25) is 0 Å². The molecule has 0 heterocycles. The Morgan fingerprint density at radius 2 is 1.15 bits per heavy atom. The maximum Gasteiger partial charge on any atom is 0.0188 e. The Kier molecular flexibility index (Phi) is 128. The molecule has 1 N–H and O–H groups in total. The molecule has 0 aromatic heterocycles. The molecule has 0 aromatic rings. The van der Waals surface area contributed by atoms with Gasteiger partial charge in [0.25, 0.3) is 0 Å². The van der Waals surface area contributed by atoms with Gasteiger partial charge in [0.05, 0.1) is 0 Å². The highest BCUT2D eigenvalue weighted by molar-refractivity contribution is 5.24. The Balaban J connectivity index is -0.0000000457. The Morgan fingerprint density at radius 1 is 0.923 bits per heavy atom. The van der Waals surface area contributed by atoms with Gasteiger partial charge in [-0.1, -0.05) is 47.4 Å². The second kappa shape index (κ2) is 73.7. The van der Waals surface area contributed by atoms with Gasteiger partial charge in [-0.05, 0) is 19.1 Å². The van der Waals surface area contributed by atoms with Gasteiger partial charge < -0.3 is 5.32 Å². The fourth-order valence-electron chi connectivity index (χ4n) is 0.0833. The minimum absolute atomic E-state index is 1.39. The predicted octanol–water partition coefficient (Wildman–Crippen LogP) is 3.75. The van der Waals surface area contributed by atoms with Crippen molar-refractivity contribution in [3.8, 4) is 0 Å². The lowest BCUT2D eigenvalue weighted by atomic mass is 10.9. The quantitative estimate of drug-likeness (QED) is 0.664. The largest absolute Gasteiger partial charge is 0.369 e. The van der Waals surface area contributed by atoms with Crippen molar-refractivity contribution >= 4 is 6.72 Å². The number of rotatable bonds is 3. The molecule has 2 nitrogen and oxygen atoms in total. The molecule has 2 heteroatoms. The molecule has 0 rings (SSSR count). The zero-order valence-electron chi connectivity index (χ0n) is 9.51. The van der Waals surface area contributed by atoms with Gasteiger partial charge in [0.15, 0.2) is 0 Å². The summed E-state index contributed by atoms with van der Waals surface area (Å²) >= 11 is 0. The van der Waals surface area contributed by atoms with E-state index in [-0.39, 0.29) is 0 Å². The van der Waals surface area contributed by atoms with E-state index in [2.05, 4.69) is 36.8 Å². The second-order valence-electron chi connectivity index (χ2n) is 0.940. The predicted molar refractivity (Wildman–Crippen MR) is 66.0 cm³/mol. The molecule has 0 atom stereocenters. The highest BCUT2D eigenvalue weighted by Crippen LogP contribution is 1.50. The maximum atomic E-state index is 3.37. The Morgan fingerprint density at radius 3 is 1.15 bits per heavy atom. The zero-order valence-corrected chi connectivity index (χ0v) is 9.51. The molecule has 0 bridgehead atoms. The topological polar surface area (TPSA) is 24.4 Å². The molecule has 0 aromatic carbocycles. The highest BCUT2D eigenvalue weighted by Gasteiger charge is 1.43. The van der Waals surface area contributed by atoms with Crippen LogP contribution in [0.15, 0.2) is 43.3 Å². The summed E-state index contributed by atoms with van der Waals surface area (Å²) < 4.78 is 0. The highest BCUT2D eigenvalue weighted by atomic mass is 14.8.